The first-order valence-corrected chi connectivity index (χ1v) is 18.4. The maximum atomic E-state index is 13.2. The Morgan fingerprint density at radius 3 is 2.28 bits per heavy atom. The minimum atomic E-state index is -0.879. The molecule has 1 N–H and O–H groups in total. The quantitative estimate of drug-likeness (QED) is 0.146. The number of nitriles is 1. The van der Waals surface area contributed by atoms with Crippen molar-refractivity contribution >= 4 is 11.9 Å². The molecular weight excluding hydrogens is 574 g/mol. The lowest BCUT2D eigenvalue weighted by Gasteiger charge is -2.73. The Morgan fingerprint density at radius 2 is 1.63 bits per heavy atom. The van der Waals surface area contributed by atoms with Gasteiger partial charge in [0, 0.05) is 5.41 Å². The van der Waals surface area contributed by atoms with E-state index >= 15 is 0 Å². The van der Waals surface area contributed by atoms with Crippen LogP contribution in [0.1, 0.15) is 139 Å². The van der Waals surface area contributed by atoms with E-state index in [1.807, 2.05) is 13.8 Å². The maximum absolute atomic E-state index is 13.2. The van der Waals surface area contributed by atoms with Crippen LogP contribution in [0.4, 0.5) is 0 Å². The summed E-state index contributed by atoms with van der Waals surface area (Å²) in [6.07, 6.45) is 12.2. The van der Waals surface area contributed by atoms with Crippen molar-refractivity contribution < 1.29 is 24.2 Å². The average molecular weight is 638 g/mol. The summed E-state index contributed by atoms with van der Waals surface area (Å²) in [6, 6.07) is 2.25. The van der Waals surface area contributed by atoms with Crippen LogP contribution in [0.2, 0.25) is 0 Å². The van der Waals surface area contributed by atoms with Gasteiger partial charge in [0.2, 0.25) is 0 Å². The fraction of sp³-hybridized carbons (Fsp3) is 0.875. The maximum Gasteiger partial charge on any atom is 0.306 e. The highest BCUT2D eigenvalue weighted by Crippen LogP contribution is 2.77. The van der Waals surface area contributed by atoms with Crippen molar-refractivity contribution in [2.24, 2.45) is 62.1 Å². The zero-order valence-electron chi connectivity index (χ0n) is 30.3. The number of carboxylic acids is 1. The number of hydrogen-bond acceptors (Lipinski definition) is 5. The third-order valence-corrected chi connectivity index (χ3v) is 15.5. The van der Waals surface area contributed by atoms with Gasteiger partial charge < -0.3 is 14.6 Å². The summed E-state index contributed by atoms with van der Waals surface area (Å²) in [7, 11) is 0. The zero-order valence-corrected chi connectivity index (χ0v) is 30.3. The van der Waals surface area contributed by atoms with E-state index in [0.29, 0.717) is 42.6 Å². The summed E-state index contributed by atoms with van der Waals surface area (Å²) in [5, 5.41) is 18.4. The number of allylic oxidation sites excluding steroid dienone is 1. The van der Waals surface area contributed by atoms with Gasteiger partial charge in [-0.2, -0.15) is 5.26 Å². The fourth-order valence-corrected chi connectivity index (χ4v) is 13.2. The van der Waals surface area contributed by atoms with Crippen LogP contribution in [0, 0.1) is 73.4 Å². The van der Waals surface area contributed by atoms with Crippen LogP contribution in [0.5, 0.6) is 0 Å². The third kappa shape index (κ3) is 5.67. The fourth-order valence-electron chi connectivity index (χ4n) is 13.2. The van der Waals surface area contributed by atoms with Gasteiger partial charge in [-0.15, -0.1) is 0 Å². The highest BCUT2D eigenvalue weighted by molar-refractivity contribution is 5.73. The molecule has 46 heavy (non-hydrogen) atoms. The number of carbonyl (C=O) groups is 2. The van der Waals surface area contributed by atoms with Gasteiger partial charge in [-0.3, -0.25) is 9.59 Å². The van der Waals surface area contributed by atoms with Crippen molar-refractivity contribution in [2.45, 2.75) is 145 Å². The molecule has 0 bridgehead atoms. The summed E-state index contributed by atoms with van der Waals surface area (Å²) < 4.78 is 12.5. The molecule has 0 spiro atoms. The van der Waals surface area contributed by atoms with Crippen LogP contribution in [0.3, 0.4) is 0 Å². The molecule has 5 fully saturated rings. The van der Waals surface area contributed by atoms with Crippen LogP contribution in [0.25, 0.3) is 0 Å². The van der Waals surface area contributed by atoms with Gasteiger partial charge in [-0.1, -0.05) is 60.6 Å². The second-order valence-electron chi connectivity index (χ2n) is 18.8. The number of rotatable bonds is 10. The van der Waals surface area contributed by atoms with Crippen molar-refractivity contribution in [3.8, 4) is 6.07 Å². The van der Waals surface area contributed by atoms with Crippen molar-refractivity contribution in [3.05, 3.63) is 12.2 Å². The summed E-state index contributed by atoms with van der Waals surface area (Å²) in [4.78, 5) is 24.5. The Balaban J connectivity index is 1.38. The molecule has 0 aliphatic heterocycles. The molecule has 6 heteroatoms. The predicted molar refractivity (Wildman–Crippen MR) is 181 cm³/mol. The molecule has 0 aromatic carbocycles. The van der Waals surface area contributed by atoms with Crippen molar-refractivity contribution in [3.63, 3.8) is 0 Å². The Bertz CT molecular complexity index is 1250. The van der Waals surface area contributed by atoms with Gasteiger partial charge in [0.25, 0.3) is 0 Å². The molecule has 6 nitrogen and oxygen atoms in total. The minimum absolute atomic E-state index is 0.0415. The van der Waals surface area contributed by atoms with Crippen LogP contribution in [-0.2, 0) is 19.1 Å². The van der Waals surface area contributed by atoms with E-state index < -0.39 is 11.4 Å². The van der Waals surface area contributed by atoms with Crippen LogP contribution < -0.4 is 0 Å². The van der Waals surface area contributed by atoms with Gasteiger partial charge in [-0.05, 0) is 128 Å². The van der Waals surface area contributed by atoms with E-state index in [2.05, 4.69) is 54.2 Å². The Kier molecular flexibility index (Phi) is 9.42. The lowest BCUT2D eigenvalue weighted by atomic mass is 9.32. The number of carboxylic acid groups (broad SMARTS) is 1. The molecule has 0 aromatic rings. The summed E-state index contributed by atoms with van der Waals surface area (Å²) in [5.74, 6) is 1.79. The first-order valence-electron chi connectivity index (χ1n) is 18.4. The lowest BCUT2D eigenvalue weighted by Crippen LogP contribution is -2.67. The molecule has 10 atom stereocenters. The zero-order chi connectivity index (χ0) is 33.9. The molecule has 0 heterocycles. The number of nitrogens with zero attached hydrogens (tertiary/aromatic N) is 1. The van der Waals surface area contributed by atoms with Crippen LogP contribution in [0.15, 0.2) is 12.2 Å². The largest absolute Gasteiger partial charge is 0.481 e. The minimum Gasteiger partial charge on any atom is -0.481 e. The molecule has 258 valence electrons. The number of aliphatic carboxylic acids is 1. The summed E-state index contributed by atoms with van der Waals surface area (Å²) >= 11 is 0. The predicted octanol–water partition coefficient (Wildman–Crippen LogP) is 9.38. The number of fused-ring (bicyclic) bond motifs is 7. The summed E-state index contributed by atoms with van der Waals surface area (Å²) in [5.41, 5.74) is 1.48. The molecule has 0 saturated heterocycles. The van der Waals surface area contributed by atoms with E-state index in [1.165, 1.54) is 50.5 Å². The van der Waals surface area contributed by atoms with Crippen molar-refractivity contribution in [2.75, 3.05) is 13.2 Å². The van der Waals surface area contributed by atoms with Gasteiger partial charge in [0.1, 0.15) is 6.10 Å². The average Bonchev–Trinajstić information content (AvgIpc) is 3.32. The van der Waals surface area contributed by atoms with E-state index in [4.69, 9.17) is 14.7 Å². The number of hydrogen-bond donors (Lipinski definition) is 1. The van der Waals surface area contributed by atoms with Crippen molar-refractivity contribution in [1.29, 1.82) is 5.26 Å². The number of esters is 1. The highest BCUT2D eigenvalue weighted by atomic mass is 16.5. The van der Waals surface area contributed by atoms with Crippen molar-refractivity contribution in [1.82, 2.24) is 0 Å². The smallest absolute Gasteiger partial charge is 0.306 e. The van der Waals surface area contributed by atoms with Gasteiger partial charge in [-0.25, -0.2) is 0 Å². The normalized spacial score (nSPS) is 42.8. The van der Waals surface area contributed by atoms with Crippen LogP contribution >= 0.6 is 0 Å². The molecule has 5 saturated carbocycles. The molecule has 0 amide bonds. The standard InChI is InChI=1S/C40H63NO5/c1-26(2)27-13-18-40(25-45-22-10-21-41)20-19-38(8)28(34(27)40)11-12-30-37(7)16-15-31(36(5,6)29(37)14-17-39(30,38)9)46-33(44)24-35(3,4)23-32(42)43/h27-31,34H,1,10-20,22-25H2,2-9H3,(H,42,43)/t27-,28+,29?,30?,31-,34?,37-,38+,39+,40+/m0/s1. The Labute approximate surface area is 279 Å². The monoisotopic (exact) mass is 637 g/mol. The molecule has 5 rings (SSSR count). The molecular formula is C40H63NO5. The van der Waals surface area contributed by atoms with Gasteiger partial charge in [0.15, 0.2) is 0 Å². The SMILES string of the molecule is C=C(C)[C@@H]1CC[C@]2(COCCC#N)CC[C@]3(C)[C@H](CCC4[C@@]5(C)CC[C@H](OC(=O)CC(C)(C)CC(=O)O)C(C)(C)C5CC[C@]43C)C12. The topological polar surface area (TPSA) is 96.6 Å². The van der Waals surface area contributed by atoms with Gasteiger partial charge >= 0.3 is 11.9 Å². The molecule has 0 radical (unpaired) electrons. The Morgan fingerprint density at radius 1 is 0.913 bits per heavy atom. The Hall–Kier alpha value is -1.87. The molecule has 5 aliphatic rings. The molecule has 3 unspecified atom stereocenters. The van der Waals surface area contributed by atoms with Gasteiger partial charge in [0.05, 0.1) is 38.5 Å². The van der Waals surface area contributed by atoms with E-state index in [1.54, 1.807) is 0 Å². The van der Waals surface area contributed by atoms with E-state index in [9.17, 15) is 14.7 Å². The highest BCUT2D eigenvalue weighted by Gasteiger charge is 2.71. The second-order valence-corrected chi connectivity index (χ2v) is 18.8. The first-order chi connectivity index (χ1) is 21.4. The van der Waals surface area contributed by atoms with E-state index in [0.717, 1.165) is 25.9 Å². The first kappa shape index (κ1) is 35.4. The van der Waals surface area contributed by atoms with E-state index in [-0.39, 0.29) is 52.0 Å². The number of carbonyl (C=O) groups excluding carboxylic acids is 1. The molecule has 0 aromatic heterocycles. The summed E-state index contributed by atoms with van der Waals surface area (Å²) in [6.45, 7) is 24.4. The lowest BCUT2D eigenvalue weighted by molar-refractivity contribution is -0.252. The second kappa shape index (κ2) is 12.2. The third-order valence-electron chi connectivity index (χ3n) is 15.5. The van der Waals surface area contributed by atoms with Crippen LogP contribution in [-0.4, -0.2) is 36.4 Å². The number of ether oxygens (including phenoxy) is 2. The molecule has 5 aliphatic carbocycles.